The smallest absolute Gasteiger partial charge is 0.340 e. The zero-order chi connectivity index (χ0) is 23.1. The molecule has 32 heavy (non-hydrogen) atoms. The van der Waals surface area contributed by atoms with Gasteiger partial charge in [-0.15, -0.1) is 0 Å². The highest BCUT2D eigenvalue weighted by Gasteiger charge is 2.24. The Bertz CT molecular complexity index is 993. The van der Waals surface area contributed by atoms with Gasteiger partial charge in [-0.1, -0.05) is 48.8 Å². The Morgan fingerprint density at radius 3 is 2.34 bits per heavy atom. The molecule has 0 amide bonds. The summed E-state index contributed by atoms with van der Waals surface area (Å²) in [6.07, 6.45) is 12.2. The van der Waals surface area contributed by atoms with Crippen LogP contribution in [0.2, 0.25) is 0 Å². The molecule has 0 aliphatic heterocycles. The molecule has 0 heterocycles. The third-order valence-electron chi connectivity index (χ3n) is 5.74. The molecule has 0 saturated heterocycles. The number of benzene rings is 2. The molecule has 1 saturated carbocycles. The molecule has 0 aromatic heterocycles. The first-order chi connectivity index (χ1) is 15.3. The summed E-state index contributed by atoms with van der Waals surface area (Å²) >= 11 is 0. The molecule has 0 radical (unpaired) electrons. The van der Waals surface area contributed by atoms with Crippen LogP contribution >= 0.6 is 0 Å². The Hall–Kier alpha value is -3.08. The third-order valence-corrected chi connectivity index (χ3v) is 5.74. The highest BCUT2D eigenvalue weighted by Crippen LogP contribution is 2.38. The van der Waals surface area contributed by atoms with Crippen molar-refractivity contribution < 1.29 is 24.1 Å². The van der Waals surface area contributed by atoms with Crippen LogP contribution in [0.15, 0.2) is 42.0 Å². The van der Waals surface area contributed by atoms with Crippen LogP contribution in [0.5, 0.6) is 11.5 Å². The number of phenols is 1. The van der Waals surface area contributed by atoms with E-state index in [1.54, 1.807) is 30.4 Å². The number of ether oxygens (including phenoxy) is 1. The molecule has 0 spiro atoms. The standard InChI is InChI=1S/C27H31FO4/c1-18(2)9-16-23-24(32-22-7-5-3-4-6-8-22)17-20(25(26(23)29)27(30)31)13-10-19-11-14-21(28)15-12-19/h9-15,17,22,29H,3-8,16H2,1-2H3,(H,30,31)/b13-10+. The van der Waals surface area contributed by atoms with Crippen molar-refractivity contribution in [3.8, 4) is 11.5 Å². The molecule has 0 unspecified atom stereocenters. The second-order valence-electron chi connectivity index (χ2n) is 8.57. The summed E-state index contributed by atoms with van der Waals surface area (Å²) in [6.45, 7) is 3.92. The van der Waals surface area contributed by atoms with E-state index in [1.165, 1.54) is 25.0 Å². The van der Waals surface area contributed by atoms with Crippen LogP contribution in [0.1, 0.15) is 79.4 Å². The molecule has 4 nitrogen and oxygen atoms in total. The number of rotatable bonds is 7. The van der Waals surface area contributed by atoms with Gasteiger partial charge < -0.3 is 14.9 Å². The normalized spacial score (nSPS) is 14.8. The molecule has 170 valence electrons. The van der Waals surface area contributed by atoms with E-state index in [0.29, 0.717) is 23.3 Å². The van der Waals surface area contributed by atoms with Crippen molar-refractivity contribution >= 4 is 18.1 Å². The fourth-order valence-corrected chi connectivity index (χ4v) is 3.97. The quantitative estimate of drug-likeness (QED) is 0.277. The SMILES string of the molecule is CC(C)=CCc1c(OC2CCCCCC2)cc(/C=C/c2ccc(F)cc2)c(C(=O)O)c1O. The van der Waals surface area contributed by atoms with E-state index >= 15 is 0 Å². The third kappa shape index (κ3) is 6.22. The van der Waals surface area contributed by atoms with Crippen LogP contribution in [-0.2, 0) is 6.42 Å². The summed E-state index contributed by atoms with van der Waals surface area (Å²) in [7, 11) is 0. The van der Waals surface area contributed by atoms with Crippen molar-refractivity contribution in [3.63, 3.8) is 0 Å². The average molecular weight is 439 g/mol. The van der Waals surface area contributed by atoms with Crippen LogP contribution in [0, 0.1) is 5.82 Å². The average Bonchev–Trinajstić information content (AvgIpc) is 3.01. The van der Waals surface area contributed by atoms with Gasteiger partial charge in [-0.3, -0.25) is 0 Å². The minimum absolute atomic E-state index is 0.0481. The molecule has 1 fully saturated rings. The van der Waals surface area contributed by atoms with Crippen LogP contribution in [0.3, 0.4) is 0 Å². The summed E-state index contributed by atoms with van der Waals surface area (Å²) in [4.78, 5) is 12.0. The number of carboxylic acid groups (broad SMARTS) is 1. The highest BCUT2D eigenvalue weighted by atomic mass is 19.1. The summed E-state index contributed by atoms with van der Waals surface area (Å²) < 4.78 is 19.6. The minimum atomic E-state index is -1.21. The topological polar surface area (TPSA) is 66.8 Å². The van der Waals surface area contributed by atoms with Crippen LogP contribution in [0.25, 0.3) is 12.2 Å². The van der Waals surface area contributed by atoms with E-state index in [0.717, 1.165) is 36.8 Å². The Balaban J connectivity index is 2.05. The lowest BCUT2D eigenvalue weighted by Crippen LogP contribution is -2.17. The Kier molecular flexibility index (Phi) is 8.09. The lowest BCUT2D eigenvalue weighted by atomic mass is 9.97. The van der Waals surface area contributed by atoms with Gasteiger partial charge in [-0.05, 0) is 75.3 Å². The van der Waals surface area contributed by atoms with Crippen molar-refractivity contribution in [2.45, 2.75) is 64.9 Å². The molecule has 1 aliphatic rings. The molecule has 2 aromatic carbocycles. The fraction of sp³-hybridized carbons (Fsp3) is 0.370. The number of hydrogen-bond acceptors (Lipinski definition) is 3. The molecular weight excluding hydrogens is 407 g/mol. The predicted molar refractivity (Wildman–Crippen MR) is 126 cm³/mol. The molecular formula is C27H31FO4. The van der Waals surface area contributed by atoms with Crippen molar-refractivity contribution in [3.05, 3.63) is 70.1 Å². The number of aromatic hydroxyl groups is 1. The van der Waals surface area contributed by atoms with Gasteiger partial charge in [0, 0.05) is 5.56 Å². The number of aromatic carboxylic acids is 1. The Labute approximate surface area is 189 Å². The number of halogens is 1. The molecule has 1 aliphatic carbocycles. The van der Waals surface area contributed by atoms with E-state index in [9.17, 15) is 19.4 Å². The monoisotopic (exact) mass is 438 g/mol. The van der Waals surface area contributed by atoms with E-state index in [-0.39, 0.29) is 23.2 Å². The summed E-state index contributed by atoms with van der Waals surface area (Å²) in [5.74, 6) is -1.29. The van der Waals surface area contributed by atoms with Gasteiger partial charge >= 0.3 is 5.97 Å². The zero-order valence-corrected chi connectivity index (χ0v) is 18.7. The maximum Gasteiger partial charge on any atom is 0.340 e. The molecule has 0 atom stereocenters. The Morgan fingerprint density at radius 2 is 1.75 bits per heavy atom. The van der Waals surface area contributed by atoms with E-state index in [1.807, 2.05) is 19.9 Å². The van der Waals surface area contributed by atoms with Gasteiger partial charge in [0.1, 0.15) is 22.9 Å². The van der Waals surface area contributed by atoms with E-state index < -0.39 is 5.97 Å². The van der Waals surface area contributed by atoms with Gasteiger partial charge in [-0.25, -0.2) is 9.18 Å². The van der Waals surface area contributed by atoms with Crippen molar-refractivity contribution in [2.24, 2.45) is 0 Å². The van der Waals surface area contributed by atoms with Crippen molar-refractivity contribution in [1.82, 2.24) is 0 Å². The van der Waals surface area contributed by atoms with E-state index in [2.05, 4.69) is 0 Å². The maximum atomic E-state index is 13.2. The number of allylic oxidation sites excluding steroid dienone is 2. The largest absolute Gasteiger partial charge is 0.507 e. The minimum Gasteiger partial charge on any atom is -0.507 e. The Morgan fingerprint density at radius 1 is 1.09 bits per heavy atom. The molecule has 2 aromatic rings. The van der Waals surface area contributed by atoms with Gasteiger partial charge in [0.05, 0.1) is 6.10 Å². The summed E-state index contributed by atoms with van der Waals surface area (Å²) in [5.41, 5.74) is 2.48. The molecule has 0 bridgehead atoms. The summed E-state index contributed by atoms with van der Waals surface area (Å²) in [5, 5.41) is 20.8. The second-order valence-corrected chi connectivity index (χ2v) is 8.57. The van der Waals surface area contributed by atoms with E-state index in [4.69, 9.17) is 4.74 Å². The lowest BCUT2D eigenvalue weighted by molar-refractivity contribution is 0.0693. The number of carbonyl (C=O) groups is 1. The molecule has 5 heteroatoms. The first kappa shape index (κ1) is 23.6. The first-order valence-electron chi connectivity index (χ1n) is 11.2. The number of hydrogen-bond donors (Lipinski definition) is 2. The van der Waals surface area contributed by atoms with Gasteiger partial charge in [-0.2, -0.15) is 0 Å². The van der Waals surface area contributed by atoms with Crippen LogP contribution in [0.4, 0.5) is 4.39 Å². The highest BCUT2D eigenvalue weighted by molar-refractivity contribution is 5.97. The van der Waals surface area contributed by atoms with Gasteiger partial charge in [0.25, 0.3) is 0 Å². The second kappa shape index (κ2) is 11.0. The van der Waals surface area contributed by atoms with Crippen molar-refractivity contribution in [2.75, 3.05) is 0 Å². The van der Waals surface area contributed by atoms with Gasteiger partial charge in [0.2, 0.25) is 0 Å². The van der Waals surface area contributed by atoms with Crippen molar-refractivity contribution in [1.29, 1.82) is 0 Å². The maximum absolute atomic E-state index is 13.2. The predicted octanol–water partition coefficient (Wildman–Crippen LogP) is 7.01. The fourth-order valence-electron chi connectivity index (χ4n) is 3.97. The first-order valence-corrected chi connectivity index (χ1v) is 11.2. The van der Waals surface area contributed by atoms with Crippen LogP contribution in [-0.4, -0.2) is 22.3 Å². The van der Waals surface area contributed by atoms with Crippen LogP contribution < -0.4 is 4.74 Å². The lowest BCUT2D eigenvalue weighted by Gasteiger charge is -2.21. The zero-order valence-electron chi connectivity index (χ0n) is 18.7. The van der Waals surface area contributed by atoms with Gasteiger partial charge in [0.15, 0.2) is 0 Å². The number of carboxylic acids is 1. The molecule has 3 rings (SSSR count). The summed E-state index contributed by atoms with van der Waals surface area (Å²) in [6, 6.07) is 7.62. The molecule has 2 N–H and O–H groups in total.